The van der Waals surface area contributed by atoms with Gasteiger partial charge in [0.1, 0.15) is 0 Å². The molecular formula is C19H32N6O. The molecule has 0 bridgehead atoms. The van der Waals surface area contributed by atoms with Gasteiger partial charge in [-0.1, -0.05) is 27.7 Å². The smallest absolute Gasteiger partial charge is 0.153 e. The van der Waals surface area contributed by atoms with Crippen molar-refractivity contribution in [3.05, 3.63) is 23.5 Å². The lowest BCUT2D eigenvalue weighted by Crippen LogP contribution is -2.31. The van der Waals surface area contributed by atoms with Crippen molar-refractivity contribution in [1.82, 2.24) is 24.9 Å². The molecular weight excluding hydrogens is 328 g/mol. The van der Waals surface area contributed by atoms with Gasteiger partial charge in [0.05, 0.1) is 24.9 Å². The van der Waals surface area contributed by atoms with Crippen LogP contribution in [-0.2, 0) is 16.7 Å². The van der Waals surface area contributed by atoms with Crippen molar-refractivity contribution in [2.75, 3.05) is 25.6 Å². The molecule has 2 aromatic heterocycles. The fourth-order valence-corrected chi connectivity index (χ4v) is 3.49. The number of rotatable bonds is 6. The molecule has 2 N–H and O–H groups in total. The topological polar surface area (TPSA) is 68.9 Å². The van der Waals surface area contributed by atoms with E-state index in [1.54, 1.807) is 7.11 Å². The molecule has 1 aliphatic rings. The van der Waals surface area contributed by atoms with Crippen molar-refractivity contribution in [2.24, 2.45) is 0 Å². The van der Waals surface area contributed by atoms with E-state index in [4.69, 9.17) is 14.9 Å². The van der Waals surface area contributed by atoms with Crippen molar-refractivity contribution >= 4 is 11.6 Å². The van der Waals surface area contributed by atoms with Gasteiger partial charge < -0.3 is 15.4 Å². The van der Waals surface area contributed by atoms with E-state index in [-0.39, 0.29) is 11.5 Å². The minimum absolute atomic E-state index is 0.0000367. The van der Waals surface area contributed by atoms with E-state index in [0.29, 0.717) is 12.6 Å². The molecule has 3 heterocycles. The van der Waals surface area contributed by atoms with Crippen molar-refractivity contribution in [1.29, 1.82) is 0 Å². The lowest BCUT2D eigenvalue weighted by molar-refractivity contribution is 0.144. The molecule has 2 unspecified atom stereocenters. The predicted octanol–water partition coefficient (Wildman–Crippen LogP) is 3.38. The van der Waals surface area contributed by atoms with Gasteiger partial charge in [-0.15, -0.1) is 0 Å². The Balaban J connectivity index is 1.90. The SMILES string of the molecule is CCC(COC)n1nc(Nc2cc3n(n2)CCNC3C)cc1C(C)(C)C. The largest absolute Gasteiger partial charge is 0.382 e. The molecule has 0 fully saturated rings. The van der Waals surface area contributed by atoms with Crippen molar-refractivity contribution in [3.8, 4) is 0 Å². The highest BCUT2D eigenvalue weighted by atomic mass is 16.5. The van der Waals surface area contributed by atoms with Gasteiger partial charge in [-0.25, -0.2) is 0 Å². The summed E-state index contributed by atoms with van der Waals surface area (Å²) in [6.45, 7) is 13.5. The first-order valence-electron chi connectivity index (χ1n) is 9.50. The molecule has 26 heavy (non-hydrogen) atoms. The molecule has 144 valence electrons. The Morgan fingerprint density at radius 3 is 2.65 bits per heavy atom. The molecule has 2 aromatic rings. The number of hydrogen-bond donors (Lipinski definition) is 2. The monoisotopic (exact) mass is 360 g/mol. The van der Waals surface area contributed by atoms with Crippen molar-refractivity contribution in [2.45, 2.75) is 65.1 Å². The number of nitrogens with zero attached hydrogens (tertiary/aromatic N) is 4. The first kappa shape index (κ1) is 18.9. The summed E-state index contributed by atoms with van der Waals surface area (Å²) in [4.78, 5) is 0. The predicted molar refractivity (Wildman–Crippen MR) is 104 cm³/mol. The van der Waals surface area contributed by atoms with E-state index < -0.39 is 0 Å². The minimum Gasteiger partial charge on any atom is -0.382 e. The van der Waals surface area contributed by atoms with E-state index in [2.05, 4.69) is 66.7 Å². The molecule has 0 aromatic carbocycles. The van der Waals surface area contributed by atoms with Crippen molar-refractivity contribution < 1.29 is 4.74 Å². The molecule has 0 saturated carbocycles. The number of nitrogens with one attached hydrogen (secondary N) is 2. The average Bonchev–Trinajstić information content (AvgIpc) is 3.17. The van der Waals surface area contributed by atoms with E-state index >= 15 is 0 Å². The van der Waals surface area contributed by atoms with E-state index in [1.165, 1.54) is 11.4 Å². The lowest BCUT2D eigenvalue weighted by atomic mass is 9.91. The van der Waals surface area contributed by atoms with Crippen LogP contribution in [0.1, 0.15) is 64.5 Å². The van der Waals surface area contributed by atoms with Gasteiger partial charge in [-0.2, -0.15) is 10.2 Å². The Bertz CT molecular complexity index is 742. The summed E-state index contributed by atoms with van der Waals surface area (Å²) < 4.78 is 9.60. The molecule has 0 aliphatic carbocycles. The summed E-state index contributed by atoms with van der Waals surface area (Å²) >= 11 is 0. The summed E-state index contributed by atoms with van der Waals surface area (Å²) in [7, 11) is 1.74. The van der Waals surface area contributed by atoms with Crippen LogP contribution in [0.2, 0.25) is 0 Å². The second-order valence-corrected chi connectivity index (χ2v) is 8.11. The van der Waals surface area contributed by atoms with Gasteiger partial charge >= 0.3 is 0 Å². The molecule has 0 amide bonds. The fourth-order valence-electron chi connectivity index (χ4n) is 3.49. The highest BCUT2D eigenvalue weighted by Gasteiger charge is 2.25. The molecule has 7 nitrogen and oxygen atoms in total. The van der Waals surface area contributed by atoms with E-state index in [1.807, 2.05) is 0 Å². The third kappa shape index (κ3) is 3.78. The quantitative estimate of drug-likeness (QED) is 0.826. The first-order valence-corrected chi connectivity index (χ1v) is 9.50. The number of anilines is 2. The van der Waals surface area contributed by atoms with Gasteiger partial charge in [0.15, 0.2) is 11.6 Å². The Kier molecular flexibility index (Phi) is 5.39. The third-order valence-corrected chi connectivity index (χ3v) is 4.97. The van der Waals surface area contributed by atoms with Crippen molar-refractivity contribution in [3.63, 3.8) is 0 Å². The Morgan fingerprint density at radius 2 is 2.04 bits per heavy atom. The van der Waals surface area contributed by atoms with Crippen LogP contribution in [0.3, 0.4) is 0 Å². The van der Waals surface area contributed by atoms with Crippen LogP contribution in [0.5, 0.6) is 0 Å². The lowest BCUT2D eigenvalue weighted by Gasteiger charge is -2.24. The fraction of sp³-hybridized carbons (Fsp3) is 0.684. The van der Waals surface area contributed by atoms with Crippen LogP contribution in [0.4, 0.5) is 11.6 Å². The minimum atomic E-state index is -0.0000367. The second-order valence-electron chi connectivity index (χ2n) is 8.11. The summed E-state index contributed by atoms with van der Waals surface area (Å²) in [6.07, 6.45) is 0.972. The van der Waals surface area contributed by atoms with E-state index in [0.717, 1.165) is 31.1 Å². The number of fused-ring (bicyclic) bond motifs is 1. The van der Waals surface area contributed by atoms with Crippen LogP contribution in [-0.4, -0.2) is 39.8 Å². The number of methoxy groups -OCH3 is 1. The van der Waals surface area contributed by atoms with Gasteiger partial charge in [0.2, 0.25) is 0 Å². The molecule has 2 atom stereocenters. The maximum atomic E-state index is 5.41. The Hall–Kier alpha value is -1.86. The Morgan fingerprint density at radius 1 is 1.31 bits per heavy atom. The zero-order valence-electron chi connectivity index (χ0n) is 16.8. The normalized spacial score (nSPS) is 18.6. The summed E-state index contributed by atoms with van der Waals surface area (Å²) in [5, 5.41) is 16.4. The van der Waals surface area contributed by atoms with Crippen LogP contribution >= 0.6 is 0 Å². The number of hydrogen-bond acceptors (Lipinski definition) is 5. The Labute approximate surface area is 156 Å². The maximum Gasteiger partial charge on any atom is 0.153 e. The van der Waals surface area contributed by atoms with Gasteiger partial charge in [-0.3, -0.25) is 9.36 Å². The summed E-state index contributed by atoms with van der Waals surface area (Å²) in [5.41, 5.74) is 2.41. The molecule has 1 aliphatic heterocycles. The van der Waals surface area contributed by atoms with Crippen LogP contribution in [0, 0.1) is 0 Å². The molecule has 0 spiro atoms. The maximum absolute atomic E-state index is 5.41. The summed E-state index contributed by atoms with van der Waals surface area (Å²) in [5.74, 6) is 1.68. The van der Waals surface area contributed by atoms with Gasteiger partial charge in [0, 0.05) is 42.9 Å². The summed E-state index contributed by atoms with van der Waals surface area (Å²) in [6, 6.07) is 4.79. The molecule has 3 rings (SSSR count). The highest BCUT2D eigenvalue weighted by molar-refractivity contribution is 5.53. The molecule has 0 radical (unpaired) electrons. The van der Waals surface area contributed by atoms with Gasteiger partial charge in [0.25, 0.3) is 0 Å². The molecule has 0 saturated heterocycles. The van der Waals surface area contributed by atoms with Gasteiger partial charge in [-0.05, 0) is 13.3 Å². The molecule has 7 heteroatoms. The number of ether oxygens (including phenoxy) is 1. The number of aromatic nitrogens is 4. The van der Waals surface area contributed by atoms with Crippen LogP contribution < -0.4 is 10.6 Å². The average molecular weight is 361 g/mol. The zero-order valence-corrected chi connectivity index (χ0v) is 16.8. The second kappa shape index (κ2) is 7.40. The standard InChI is InChI=1S/C19H32N6O/c1-7-14(12-26-6)25-16(19(3,4)5)11-18(23-25)21-17-10-15-13(2)20-8-9-24(15)22-17/h10-11,13-14,20H,7-9,12H2,1-6H3,(H,21,22,23). The van der Waals surface area contributed by atoms with Crippen LogP contribution in [0.25, 0.3) is 0 Å². The highest BCUT2D eigenvalue weighted by Crippen LogP contribution is 2.30. The third-order valence-electron chi connectivity index (χ3n) is 4.97. The zero-order chi connectivity index (χ0) is 18.9. The first-order chi connectivity index (χ1) is 12.3. The van der Waals surface area contributed by atoms with E-state index in [9.17, 15) is 0 Å². The van der Waals surface area contributed by atoms with Crippen LogP contribution in [0.15, 0.2) is 12.1 Å².